The maximum atomic E-state index is 7.15. The van der Waals surface area contributed by atoms with Gasteiger partial charge in [-0.3, -0.25) is 0 Å². The number of benzene rings is 9. The number of para-hydroxylation sites is 2. The molecule has 3 heterocycles. The topological polar surface area (TPSA) is 27.1 Å². The van der Waals surface area contributed by atoms with Crippen molar-refractivity contribution in [1.82, 2.24) is 9.55 Å². The van der Waals surface area contributed by atoms with Crippen molar-refractivity contribution in [3.63, 3.8) is 0 Å². The first-order valence-electron chi connectivity index (χ1n) is 25.1. The summed E-state index contributed by atoms with van der Waals surface area (Å²) in [5, 5.41) is 2.25. The van der Waals surface area contributed by atoms with Gasteiger partial charge in [0.2, 0.25) is 6.71 Å². The molecule has 356 valence electrons. The zero-order chi connectivity index (χ0) is 49.4. The van der Waals surface area contributed by atoms with Crippen LogP contribution in [0.4, 0.5) is 0 Å². The second kappa shape index (κ2) is 19.2. The van der Waals surface area contributed by atoms with E-state index in [2.05, 4.69) is 224 Å². The molecule has 0 unspecified atom stereocenters. The van der Waals surface area contributed by atoms with Crippen LogP contribution in [0.15, 0.2) is 176 Å². The molecule has 0 fully saturated rings. The van der Waals surface area contributed by atoms with Gasteiger partial charge < -0.3 is 14.3 Å². The molecule has 0 aliphatic carbocycles. The van der Waals surface area contributed by atoms with Crippen LogP contribution < -0.4 is 37.5 Å². The number of pyridine rings is 1. The number of hydrogen-bond donors (Lipinski definition) is 0. The van der Waals surface area contributed by atoms with Gasteiger partial charge in [0.15, 0.2) is 6.71 Å². The number of hydrogen-bond acceptors (Lipinski definition) is 2. The van der Waals surface area contributed by atoms with E-state index in [1.54, 1.807) is 0 Å². The van der Waals surface area contributed by atoms with Crippen molar-refractivity contribution < 1.29 is 25.8 Å². The Kier molecular flexibility index (Phi) is 12.6. The summed E-state index contributed by atoms with van der Waals surface area (Å²) in [5.41, 5.74) is 27.6. The average Bonchev–Trinajstić information content (AvgIpc) is 3.70. The van der Waals surface area contributed by atoms with E-state index in [1.807, 2.05) is 30.5 Å². The van der Waals surface area contributed by atoms with Gasteiger partial charge in [0.1, 0.15) is 0 Å². The number of rotatable bonds is 8. The fraction of sp³-hybridized carbons (Fsp3) is 0.119. The Morgan fingerprint density at radius 2 is 1.01 bits per heavy atom. The first-order valence-corrected chi connectivity index (χ1v) is 25.1. The third-order valence-electron chi connectivity index (χ3n) is 15.3. The summed E-state index contributed by atoms with van der Waals surface area (Å²) in [6.07, 6.45) is 1.89. The smallest absolute Gasteiger partial charge is 0.222 e. The number of aromatic nitrogens is 2. The van der Waals surface area contributed by atoms with Crippen molar-refractivity contribution in [1.29, 1.82) is 0 Å². The summed E-state index contributed by atoms with van der Waals surface area (Å²) in [6, 6.07) is 72.4. The number of nitrogens with zero attached hydrogens (tertiary/aromatic N) is 2. The molecule has 9 aromatic carbocycles. The fourth-order valence-corrected chi connectivity index (χ4v) is 12.4. The van der Waals surface area contributed by atoms with Crippen molar-refractivity contribution in [3.8, 4) is 50.7 Å². The van der Waals surface area contributed by atoms with Gasteiger partial charge in [0.05, 0.1) is 0 Å². The van der Waals surface area contributed by atoms with Crippen molar-refractivity contribution >= 4 is 68.0 Å². The van der Waals surface area contributed by atoms with Gasteiger partial charge in [0, 0.05) is 44.3 Å². The molecule has 2 aromatic heterocycles. The van der Waals surface area contributed by atoms with Crippen LogP contribution in [0.2, 0.25) is 0 Å². The fourth-order valence-electron chi connectivity index (χ4n) is 12.4. The maximum absolute atomic E-state index is 7.15. The van der Waals surface area contributed by atoms with E-state index in [9.17, 15) is 0 Å². The molecule has 1 aliphatic heterocycles. The molecule has 0 saturated carbocycles. The molecule has 1 aliphatic rings. The number of ether oxygens (including phenoxy) is 1. The van der Waals surface area contributed by atoms with Gasteiger partial charge in [-0.15, -0.1) is 40.7 Å². The summed E-state index contributed by atoms with van der Waals surface area (Å²) in [6.45, 7) is 17.8. The van der Waals surface area contributed by atoms with E-state index in [0.29, 0.717) is 11.5 Å². The van der Waals surface area contributed by atoms with E-state index >= 15 is 0 Å². The Hall–Kier alpha value is -7.45. The summed E-state index contributed by atoms with van der Waals surface area (Å²) in [7, 11) is 0. The molecule has 0 atom stereocenters. The van der Waals surface area contributed by atoms with Gasteiger partial charge in [-0.25, -0.2) is 0 Å². The number of aryl methyl sites for hydroxylation is 8. The maximum Gasteiger partial charge on any atom is 0.222 e. The molecule has 0 bridgehead atoms. The first kappa shape index (κ1) is 47.8. The third-order valence-corrected chi connectivity index (χ3v) is 15.3. The van der Waals surface area contributed by atoms with Crippen LogP contribution in [0.3, 0.4) is 0 Å². The normalized spacial score (nSPS) is 11.9. The molecule has 0 spiro atoms. The van der Waals surface area contributed by atoms with Crippen molar-refractivity contribution in [3.05, 3.63) is 239 Å². The van der Waals surface area contributed by atoms with Crippen LogP contribution in [-0.4, -0.2) is 23.0 Å². The van der Waals surface area contributed by atoms with Crippen LogP contribution >= 0.6 is 0 Å². The Labute approximate surface area is 445 Å². The minimum atomic E-state index is -0.129. The SMILES string of the molecule is Cc1cc(-c2c(C)cccc2C)cc(C)c1B1c2ccccc2B(c2c(C)cc(-c3c(C)cccc3C)cc2C)c2c(-c3ccccn3)[c-]c(Oc3[c-]c4c(cc3)c3ccccc3n4-c3[c-]cccc3)cc21.[Pt]. The predicted molar refractivity (Wildman–Crippen MR) is 304 cm³/mol. The standard InChI is InChI=1S/C67H53B2N2O.Pt/c1-41-20-18-21-42(2)63(41)49-34-45(5)65(46(6)35-49)68-57-27-13-14-28-58(57)69(66-47(7)36-50(37-48(66)8)64-43(3)22-19-23-44(64)4)67-56(60-29-16-17-33-70-60)38-53(39-59(67)68)72-52-31-32-55-54-26-12-15-30-61(54)71(62(55)40-52)51-24-10-9-11-25-51;/h9-24,26-37,39H,1-8H3;/q-3;. The van der Waals surface area contributed by atoms with Crippen molar-refractivity contribution in [2.75, 3.05) is 0 Å². The average molecular weight is 1120 g/mol. The summed E-state index contributed by atoms with van der Waals surface area (Å²) >= 11 is 0. The summed E-state index contributed by atoms with van der Waals surface area (Å²) < 4.78 is 9.38. The Morgan fingerprint density at radius 3 is 1.60 bits per heavy atom. The van der Waals surface area contributed by atoms with Gasteiger partial charge in [-0.1, -0.05) is 177 Å². The molecular formula is C67H53B2N2OPt-3. The zero-order valence-electron chi connectivity index (χ0n) is 42.5. The Morgan fingerprint density at radius 1 is 0.452 bits per heavy atom. The first-order chi connectivity index (χ1) is 35.0. The van der Waals surface area contributed by atoms with Crippen LogP contribution in [0.1, 0.15) is 44.5 Å². The second-order valence-corrected chi connectivity index (χ2v) is 20.0. The molecule has 12 rings (SSSR count). The van der Waals surface area contributed by atoms with E-state index in [0.717, 1.165) is 38.8 Å². The molecule has 3 nitrogen and oxygen atoms in total. The molecular weight excluding hydrogens is 1070 g/mol. The summed E-state index contributed by atoms with van der Waals surface area (Å²) in [5.74, 6) is 1.22. The van der Waals surface area contributed by atoms with Gasteiger partial charge in [-0.05, 0) is 123 Å². The van der Waals surface area contributed by atoms with Crippen molar-refractivity contribution in [2.24, 2.45) is 0 Å². The molecule has 73 heavy (non-hydrogen) atoms. The van der Waals surface area contributed by atoms with Crippen molar-refractivity contribution in [2.45, 2.75) is 55.4 Å². The van der Waals surface area contributed by atoms with Crippen LogP contribution in [0, 0.1) is 73.6 Å². The van der Waals surface area contributed by atoms with E-state index in [-0.39, 0.29) is 34.5 Å². The molecule has 0 amide bonds. The zero-order valence-corrected chi connectivity index (χ0v) is 44.8. The molecule has 0 radical (unpaired) electrons. The van der Waals surface area contributed by atoms with E-state index in [1.165, 1.54) is 99.5 Å². The van der Waals surface area contributed by atoms with Gasteiger partial charge in [0.25, 0.3) is 0 Å². The van der Waals surface area contributed by atoms with Gasteiger partial charge >= 0.3 is 0 Å². The van der Waals surface area contributed by atoms with Crippen LogP contribution in [0.5, 0.6) is 11.5 Å². The van der Waals surface area contributed by atoms with Crippen LogP contribution in [-0.2, 0) is 21.1 Å². The molecule has 0 saturated heterocycles. The minimum absolute atomic E-state index is 0. The molecule has 11 aromatic rings. The Balaban J connectivity index is 0.00000574. The monoisotopic (exact) mass is 1120 g/mol. The third kappa shape index (κ3) is 8.19. The molecule has 0 N–H and O–H groups in total. The quantitative estimate of drug-likeness (QED) is 0.112. The number of fused-ring (bicyclic) bond motifs is 5. The largest absolute Gasteiger partial charge is 0.503 e. The van der Waals surface area contributed by atoms with Gasteiger partial charge in [-0.2, -0.15) is 35.8 Å². The Bertz CT molecular complexity index is 3870. The predicted octanol–water partition coefficient (Wildman–Crippen LogP) is 12.2. The minimum Gasteiger partial charge on any atom is -0.503 e. The summed E-state index contributed by atoms with van der Waals surface area (Å²) in [4.78, 5) is 5.11. The molecule has 6 heteroatoms. The van der Waals surface area contributed by atoms with E-state index in [4.69, 9.17) is 9.72 Å². The van der Waals surface area contributed by atoms with Crippen LogP contribution in [0.25, 0.3) is 61.0 Å². The van der Waals surface area contributed by atoms with E-state index < -0.39 is 0 Å². The second-order valence-electron chi connectivity index (χ2n) is 20.0.